The van der Waals surface area contributed by atoms with Crippen molar-refractivity contribution in [1.29, 1.82) is 0 Å². The second-order valence-electron chi connectivity index (χ2n) is 2.60. The first-order valence-electron chi connectivity index (χ1n) is 3.02. The van der Waals surface area contributed by atoms with Crippen LogP contribution >= 0.6 is 22.6 Å². The topological polar surface area (TPSA) is 18.5 Å². The van der Waals surface area contributed by atoms with Crippen LogP contribution in [0.25, 0.3) is 0 Å². The first-order chi connectivity index (χ1) is 4.14. The molecule has 0 saturated carbocycles. The highest BCUT2D eigenvalue weighted by Gasteiger charge is 2.31. The standard InChI is InChI=1S/C6H11IO2/c1-6(2)8-4-5(3-7)9-6/h5H,3-4H2,1-2H3/t5-/m0/s1. The van der Waals surface area contributed by atoms with Gasteiger partial charge in [0.15, 0.2) is 5.79 Å². The monoisotopic (exact) mass is 242 g/mol. The van der Waals surface area contributed by atoms with Crippen LogP contribution in [0.3, 0.4) is 0 Å². The van der Waals surface area contributed by atoms with E-state index in [1.807, 2.05) is 13.8 Å². The fourth-order valence-electron chi connectivity index (χ4n) is 0.839. The molecule has 1 heterocycles. The van der Waals surface area contributed by atoms with Crippen molar-refractivity contribution < 1.29 is 9.47 Å². The van der Waals surface area contributed by atoms with E-state index in [-0.39, 0.29) is 5.79 Å². The Kier molecular flexibility index (Phi) is 2.34. The van der Waals surface area contributed by atoms with Crippen LogP contribution in [0.15, 0.2) is 0 Å². The van der Waals surface area contributed by atoms with E-state index in [2.05, 4.69) is 22.6 Å². The fraction of sp³-hybridized carbons (Fsp3) is 1.00. The van der Waals surface area contributed by atoms with Gasteiger partial charge in [-0.25, -0.2) is 0 Å². The molecular formula is C6H11IO2. The lowest BCUT2D eigenvalue weighted by Crippen LogP contribution is -2.21. The first-order valence-corrected chi connectivity index (χ1v) is 4.54. The van der Waals surface area contributed by atoms with E-state index < -0.39 is 0 Å². The van der Waals surface area contributed by atoms with E-state index in [4.69, 9.17) is 9.47 Å². The lowest BCUT2D eigenvalue weighted by Gasteiger charge is -2.15. The zero-order chi connectivity index (χ0) is 6.91. The van der Waals surface area contributed by atoms with Gasteiger partial charge in [0.05, 0.1) is 12.7 Å². The summed E-state index contributed by atoms with van der Waals surface area (Å²) in [5, 5.41) is 0. The molecule has 1 atom stereocenters. The van der Waals surface area contributed by atoms with E-state index >= 15 is 0 Å². The molecule has 1 aliphatic heterocycles. The minimum atomic E-state index is -0.337. The predicted octanol–water partition coefficient (Wildman–Crippen LogP) is 1.57. The molecule has 54 valence electrons. The smallest absolute Gasteiger partial charge is 0.163 e. The molecule has 0 spiro atoms. The van der Waals surface area contributed by atoms with Crippen molar-refractivity contribution in [2.75, 3.05) is 11.0 Å². The summed E-state index contributed by atoms with van der Waals surface area (Å²) in [6.45, 7) is 4.63. The summed E-state index contributed by atoms with van der Waals surface area (Å²) in [6.07, 6.45) is 0.306. The maximum atomic E-state index is 5.47. The molecule has 0 aromatic carbocycles. The zero-order valence-corrected chi connectivity index (χ0v) is 7.84. The van der Waals surface area contributed by atoms with Gasteiger partial charge in [0.2, 0.25) is 0 Å². The molecule has 1 fully saturated rings. The van der Waals surface area contributed by atoms with Gasteiger partial charge >= 0.3 is 0 Å². The molecule has 1 aliphatic rings. The Balaban J connectivity index is 2.38. The second-order valence-corrected chi connectivity index (χ2v) is 3.49. The lowest BCUT2D eigenvalue weighted by molar-refractivity contribution is -0.135. The van der Waals surface area contributed by atoms with Crippen molar-refractivity contribution in [1.82, 2.24) is 0 Å². The number of alkyl halides is 1. The Morgan fingerprint density at radius 3 is 2.56 bits per heavy atom. The summed E-state index contributed by atoms with van der Waals surface area (Å²) in [7, 11) is 0. The molecule has 0 unspecified atom stereocenters. The van der Waals surface area contributed by atoms with Crippen LogP contribution in [0.5, 0.6) is 0 Å². The first kappa shape index (κ1) is 7.75. The van der Waals surface area contributed by atoms with Crippen molar-refractivity contribution in [2.24, 2.45) is 0 Å². The maximum Gasteiger partial charge on any atom is 0.163 e. The largest absolute Gasteiger partial charge is 0.348 e. The molecular weight excluding hydrogens is 231 g/mol. The third-order valence-electron chi connectivity index (χ3n) is 1.24. The van der Waals surface area contributed by atoms with Crippen molar-refractivity contribution in [2.45, 2.75) is 25.7 Å². The quantitative estimate of drug-likeness (QED) is 0.513. The highest BCUT2D eigenvalue weighted by Crippen LogP contribution is 2.22. The second kappa shape index (κ2) is 2.72. The lowest BCUT2D eigenvalue weighted by atomic mass is 10.4. The number of rotatable bonds is 1. The van der Waals surface area contributed by atoms with Crippen LogP contribution in [0.4, 0.5) is 0 Å². The van der Waals surface area contributed by atoms with E-state index in [1.165, 1.54) is 0 Å². The average Bonchev–Trinajstić information content (AvgIpc) is 2.10. The van der Waals surface area contributed by atoms with Crippen LogP contribution < -0.4 is 0 Å². The Bertz CT molecular complexity index is 103. The minimum Gasteiger partial charge on any atom is -0.348 e. The molecule has 3 heteroatoms. The third-order valence-corrected chi connectivity index (χ3v) is 2.22. The molecule has 0 aromatic rings. The Labute approximate surface area is 69.0 Å². The summed E-state index contributed by atoms with van der Waals surface area (Å²) in [5.41, 5.74) is 0. The van der Waals surface area contributed by atoms with Gasteiger partial charge in [-0.15, -0.1) is 0 Å². The Morgan fingerprint density at radius 1 is 1.67 bits per heavy atom. The highest BCUT2D eigenvalue weighted by molar-refractivity contribution is 14.1. The van der Waals surface area contributed by atoms with Gasteiger partial charge in [0.25, 0.3) is 0 Å². The minimum absolute atomic E-state index is 0.306. The van der Waals surface area contributed by atoms with Crippen LogP contribution in [-0.4, -0.2) is 22.9 Å². The Morgan fingerprint density at radius 2 is 2.33 bits per heavy atom. The van der Waals surface area contributed by atoms with Crippen molar-refractivity contribution in [3.05, 3.63) is 0 Å². The third kappa shape index (κ3) is 2.05. The summed E-state index contributed by atoms with van der Waals surface area (Å²) < 4.78 is 11.8. The molecule has 1 saturated heterocycles. The molecule has 9 heavy (non-hydrogen) atoms. The summed E-state index contributed by atoms with van der Waals surface area (Å²) in [6, 6.07) is 0. The molecule has 0 radical (unpaired) electrons. The fourth-order valence-corrected chi connectivity index (χ4v) is 1.27. The van der Waals surface area contributed by atoms with Gasteiger partial charge in [0.1, 0.15) is 0 Å². The summed E-state index contributed by atoms with van der Waals surface area (Å²) >= 11 is 2.30. The van der Waals surface area contributed by atoms with Gasteiger partial charge in [-0.05, 0) is 13.8 Å². The maximum absolute atomic E-state index is 5.47. The molecule has 1 rings (SSSR count). The molecule has 0 aromatic heterocycles. The van der Waals surface area contributed by atoms with Crippen molar-refractivity contribution >= 4 is 22.6 Å². The van der Waals surface area contributed by atoms with Crippen LogP contribution in [0.2, 0.25) is 0 Å². The number of halogens is 1. The summed E-state index contributed by atoms with van der Waals surface area (Å²) in [5.74, 6) is -0.337. The summed E-state index contributed by atoms with van der Waals surface area (Å²) in [4.78, 5) is 0. The van der Waals surface area contributed by atoms with E-state index in [1.54, 1.807) is 0 Å². The predicted molar refractivity (Wildman–Crippen MR) is 43.8 cm³/mol. The number of hydrogen-bond acceptors (Lipinski definition) is 2. The molecule has 0 amide bonds. The zero-order valence-electron chi connectivity index (χ0n) is 5.69. The Hall–Kier alpha value is 0.650. The molecule has 2 nitrogen and oxygen atoms in total. The molecule has 0 N–H and O–H groups in total. The molecule has 0 aliphatic carbocycles. The van der Waals surface area contributed by atoms with E-state index in [0.717, 1.165) is 11.0 Å². The van der Waals surface area contributed by atoms with Crippen molar-refractivity contribution in [3.8, 4) is 0 Å². The SMILES string of the molecule is CC1(C)OC[C@H](CI)O1. The molecule has 0 bridgehead atoms. The van der Waals surface area contributed by atoms with E-state index in [0.29, 0.717) is 6.10 Å². The van der Waals surface area contributed by atoms with Crippen LogP contribution in [0, 0.1) is 0 Å². The van der Waals surface area contributed by atoms with E-state index in [9.17, 15) is 0 Å². The number of ether oxygens (including phenoxy) is 2. The van der Waals surface area contributed by atoms with Gasteiger partial charge in [-0.3, -0.25) is 0 Å². The van der Waals surface area contributed by atoms with Gasteiger partial charge in [0, 0.05) is 4.43 Å². The highest BCUT2D eigenvalue weighted by atomic mass is 127. The van der Waals surface area contributed by atoms with Crippen LogP contribution in [0.1, 0.15) is 13.8 Å². The van der Waals surface area contributed by atoms with Crippen LogP contribution in [-0.2, 0) is 9.47 Å². The number of hydrogen-bond donors (Lipinski definition) is 0. The van der Waals surface area contributed by atoms with Gasteiger partial charge in [-0.2, -0.15) is 0 Å². The van der Waals surface area contributed by atoms with Crippen molar-refractivity contribution in [3.63, 3.8) is 0 Å². The van der Waals surface area contributed by atoms with Gasteiger partial charge < -0.3 is 9.47 Å². The van der Waals surface area contributed by atoms with Gasteiger partial charge in [-0.1, -0.05) is 22.6 Å². The normalized spacial score (nSPS) is 33.0. The average molecular weight is 242 g/mol.